The second-order valence-corrected chi connectivity index (χ2v) is 5.17. The van der Waals surface area contributed by atoms with E-state index in [0.29, 0.717) is 17.7 Å². The van der Waals surface area contributed by atoms with Crippen LogP contribution in [0.2, 0.25) is 0 Å². The van der Waals surface area contributed by atoms with Gasteiger partial charge in [0.2, 0.25) is 0 Å². The van der Waals surface area contributed by atoms with Crippen molar-refractivity contribution in [2.24, 2.45) is 0 Å². The molecule has 0 bridgehead atoms. The minimum Gasteiger partial charge on any atom is -0.374 e. The number of pyridine rings is 1. The van der Waals surface area contributed by atoms with Gasteiger partial charge in [0, 0.05) is 34.8 Å². The van der Waals surface area contributed by atoms with Gasteiger partial charge >= 0.3 is 0 Å². The van der Waals surface area contributed by atoms with Crippen molar-refractivity contribution in [1.82, 2.24) is 4.98 Å². The van der Waals surface area contributed by atoms with E-state index in [1.165, 1.54) is 0 Å². The highest BCUT2D eigenvalue weighted by Gasteiger charge is 2.07. The molecule has 0 spiro atoms. The summed E-state index contributed by atoms with van der Waals surface area (Å²) in [4.78, 5) is 16.3. The first kappa shape index (κ1) is 15.5. The number of hydrogen-bond acceptors (Lipinski definition) is 3. The summed E-state index contributed by atoms with van der Waals surface area (Å²) in [6, 6.07) is 20.8. The fraction of sp³-hybridized carbons (Fsp3) is 0.0476. The van der Waals surface area contributed by atoms with E-state index in [1.807, 2.05) is 42.5 Å². The number of ketones is 1. The molecule has 3 heteroatoms. The van der Waals surface area contributed by atoms with Crippen molar-refractivity contribution in [2.75, 3.05) is 11.9 Å². The normalized spacial score (nSPS) is 9.67. The molecule has 116 valence electrons. The van der Waals surface area contributed by atoms with Gasteiger partial charge in [-0.25, -0.2) is 0 Å². The summed E-state index contributed by atoms with van der Waals surface area (Å²) < 4.78 is 0. The van der Waals surface area contributed by atoms with Gasteiger partial charge in [-0.2, -0.15) is 0 Å². The van der Waals surface area contributed by atoms with E-state index in [1.54, 1.807) is 36.7 Å². The lowest BCUT2D eigenvalue weighted by Gasteiger charge is -2.01. The number of carbonyl (C=O) groups excluding carboxylic acids is 1. The quantitative estimate of drug-likeness (QED) is 0.589. The zero-order chi connectivity index (χ0) is 16.6. The topological polar surface area (TPSA) is 42.0 Å². The van der Waals surface area contributed by atoms with Gasteiger partial charge < -0.3 is 5.32 Å². The van der Waals surface area contributed by atoms with Gasteiger partial charge in [0.1, 0.15) is 0 Å². The van der Waals surface area contributed by atoms with Crippen molar-refractivity contribution in [1.29, 1.82) is 0 Å². The van der Waals surface area contributed by atoms with Gasteiger partial charge in [-0.3, -0.25) is 9.78 Å². The number of nitrogens with one attached hydrogen (secondary N) is 1. The van der Waals surface area contributed by atoms with Crippen LogP contribution in [0.25, 0.3) is 0 Å². The maximum absolute atomic E-state index is 12.3. The number of anilines is 1. The summed E-state index contributed by atoms with van der Waals surface area (Å²) in [6.07, 6.45) is 3.23. The van der Waals surface area contributed by atoms with Crippen LogP contribution < -0.4 is 5.32 Å². The van der Waals surface area contributed by atoms with Crippen LogP contribution in [0.5, 0.6) is 0 Å². The first-order valence-corrected chi connectivity index (χ1v) is 7.65. The Kier molecular flexibility index (Phi) is 5.01. The molecule has 1 aromatic heterocycles. The molecule has 0 aliphatic carbocycles. The average molecular weight is 312 g/mol. The SMILES string of the molecule is O=C(c1ccc(C#CCNc2ccccc2)cc1)c1cccnc1. The van der Waals surface area contributed by atoms with Crippen LogP contribution in [-0.2, 0) is 0 Å². The van der Waals surface area contributed by atoms with E-state index in [9.17, 15) is 4.79 Å². The highest BCUT2D eigenvalue weighted by molar-refractivity contribution is 6.08. The van der Waals surface area contributed by atoms with Crippen molar-refractivity contribution < 1.29 is 4.79 Å². The molecule has 1 N–H and O–H groups in total. The first-order valence-electron chi connectivity index (χ1n) is 7.65. The van der Waals surface area contributed by atoms with E-state index in [0.717, 1.165) is 11.3 Å². The average Bonchev–Trinajstić information content (AvgIpc) is 2.67. The second kappa shape index (κ2) is 7.75. The lowest BCUT2D eigenvalue weighted by molar-refractivity contribution is 0.103. The fourth-order valence-corrected chi connectivity index (χ4v) is 2.22. The van der Waals surface area contributed by atoms with E-state index in [-0.39, 0.29) is 5.78 Å². The molecule has 0 atom stereocenters. The summed E-state index contributed by atoms with van der Waals surface area (Å²) in [6.45, 7) is 0.570. The molecule has 0 unspecified atom stereocenters. The predicted molar refractivity (Wildman–Crippen MR) is 95.9 cm³/mol. The smallest absolute Gasteiger partial charge is 0.194 e. The van der Waals surface area contributed by atoms with E-state index < -0.39 is 0 Å². The summed E-state index contributed by atoms with van der Waals surface area (Å²) in [7, 11) is 0. The molecule has 3 rings (SSSR count). The standard InChI is InChI=1S/C21H16N2O/c24-21(19-7-5-14-22-16-19)18-12-10-17(11-13-18)6-4-15-23-20-8-2-1-3-9-20/h1-3,5,7-14,16,23H,15H2. The molecule has 0 radical (unpaired) electrons. The van der Waals surface area contributed by atoms with Crippen LogP contribution in [0, 0.1) is 11.8 Å². The molecule has 0 aliphatic rings. The van der Waals surface area contributed by atoms with E-state index in [2.05, 4.69) is 22.1 Å². The molecule has 2 aromatic carbocycles. The number of aromatic nitrogens is 1. The van der Waals surface area contributed by atoms with Crippen molar-refractivity contribution in [3.8, 4) is 11.8 Å². The fourth-order valence-electron chi connectivity index (χ4n) is 2.22. The number of para-hydroxylation sites is 1. The predicted octanol–water partition coefficient (Wildman–Crippen LogP) is 3.78. The van der Waals surface area contributed by atoms with Crippen LogP contribution in [0.15, 0.2) is 79.1 Å². The number of hydrogen-bond donors (Lipinski definition) is 1. The molecule has 3 aromatic rings. The Hall–Kier alpha value is -3.38. The van der Waals surface area contributed by atoms with Crippen molar-refractivity contribution in [2.45, 2.75) is 0 Å². The Morgan fingerprint density at radius 3 is 2.42 bits per heavy atom. The molecule has 0 saturated heterocycles. The largest absolute Gasteiger partial charge is 0.374 e. The minimum atomic E-state index is -0.0339. The summed E-state index contributed by atoms with van der Waals surface area (Å²) in [5, 5.41) is 3.23. The lowest BCUT2D eigenvalue weighted by Crippen LogP contribution is -2.01. The van der Waals surface area contributed by atoms with Crippen LogP contribution >= 0.6 is 0 Å². The second-order valence-electron chi connectivity index (χ2n) is 5.17. The third kappa shape index (κ3) is 4.08. The highest BCUT2D eigenvalue weighted by Crippen LogP contribution is 2.10. The summed E-state index contributed by atoms with van der Waals surface area (Å²) in [5.41, 5.74) is 3.15. The number of benzene rings is 2. The van der Waals surface area contributed by atoms with Gasteiger partial charge in [0.15, 0.2) is 5.78 Å². The molecule has 3 nitrogen and oxygen atoms in total. The summed E-state index contributed by atoms with van der Waals surface area (Å²) >= 11 is 0. The Morgan fingerprint density at radius 2 is 1.71 bits per heavy atom. The molecular weight excluding hydrogens is 296 g/mol. The van der Waals surface area contributed by atoms with Crippen molar-refractivity contribution in [3.63, 3.8) is 0 Å². The third-order valence-electron chi connectivity index (χ3n) is 3.46. The van der Waals surface area contributed by atoms with E-state index in [4.69, 9.17) is 0 Å². The monoisotopic (exact) mass is 312 g/mol. The maximum Gasteiger partial charge on any atom is 0.194 e. The Labute approximate surface area is 141 Å². The van der Waals surface area contributed by atoms with Gasteiger partial charge in [0.25, 0.3) is 0 Å². The molecule has 0 aliphatic heterocycles. The Bertz CT molecular complexity index is 860. The molecular formula is C21H16N2O. The lowest BCUT2D eigenvalue weighted by atomic mass is 10.0. The zero-order valence-corrected chi connectivity index (χ0v) is 13.1. The molecule has 0 fully saturated rings. The molecule has 0 amide bonds. The molecule has 0 saturated carbocycles. The minimum absolute atomic E-state index is 0.0339. The molecule has 1 heterocycles. The van der Waals surface area contributed by atoms with Crippen molar-refractivity contribution >= 4 is 11.5 Å². The number of rotatable bonds is 4. The van der Waals surface area contributed by atoms with Crippen molar-refractivity contribution in [3.05, 3.63) is 95.8 Å². The first-order chi connectivity index (χ1) is 11.8. The van der Waals surface area contributed by atoms with Crippen LogP contribution in [0.1, 0.15) is 21.5 Å². The van der Waals surface area contributed by atoms with E-state index >= 15 is 0 Å². The van der Waals surface area contributed by atoms with Crippen LogP contribution in [-0.4, -0.2) is 17.3 Å². The van der Waals surface area contributed by atoms with Crippen LogP contribution in [0.3, 0.4) is 0 Å². The number of carbonyl (C=O) groups is 1. The third-order valence-corrected chi connectivity index (χ3v) is 3.46. The van der Waals surface area contributed by atoms with Crippen LogP contribution in [0.4, 0.5) is 5.69 Å². The Morgan fingerprint density at radius 1 is 0.917 bits per heavy atom. The maximum atomic E-state index is 12.3. The molecule has 24 heavy (non-hydrogen) atoms. The van der Waals surface area contributed by atoms with Gasteiger partial charge in [0.05, 0.1) is 6.54 Å². The van der Waals surface area contributed by atoms with Gasteiger partial charge in [-0.1, -0.05) is 30.0 Å². The number of nitrogens with zero attached hydrogens (tertiary/aromatic N) is 1. The zero-order valence-electron chi connectivity index (χ0n) is 13.1. The van der Waals surface area contributed by atoms with Gasteiger partial charge in [-0.15, -0.1) is 0 Å². The Balaban J connectivity index is 1.61. The van der Waals surface area contributed by atoms with Gasteiger partial charge in [-0.05, 0) is 48.5 Å². The highest BCUT2D eigenvalue weighted by atomic mass is 16.1. The summed E-state index contributed by atoms with van der Waals surface area (Å²) in [5.74, 6) is 6.13.